The molecule has 1 unspecified atom stereocenters. The first-order chi connectivity index (χ1) is 3.31. The van der Waals surface area contributed by atoms with Gasteiger partial charge in [0.15, 0.2) is 0 Å². The molecule has 0 radical (unpaired) electrons. The molecule has 2 N–H and O–H groups in total. The molecule has 0 saturated carbocycles. The zero-order valence-electron chi connectivity index (χ0n) is 4.64. The Kier molecular flexibility index (Phi) is 3.98. The summed E-state index contributed by atoms with van der Waals surface area (Å²) in [6.45, 7) is 1.60. The summed E-state index contributed by atoms with van der Waals surface area (Å²) < 4.78 is 4.64. The van der Waals surface area contributed by atoms with E-state index in [-0.39, 0.29) is 13.0 Å². The molecule has 0 saturated heterocycles. The van der Waals surface area contributed by atoms with Gasteiger partial charge in [-0.1, -0.05) is 0 Å². The van der Waals surface area contributed by atoms with Gasteiger partial charge in [-0.2, -0.15) is 0 Å². The Hall–Kier alpha value is -0.120. The number of ether oxygens (including phenoxy) is 1. The van der Waals surface area contributed by atoms with Crippen LogP contribution in [0.5, 0.6) is 0 Å². The van der Waals surface area contributed by atoms with E-state index in [4.69, 9.17) is 5.11 Å². The molecule has 0 spiro atoms. The maximum absolute atomic E-state index is 8.11. The third kappa shape index (κ3) is 3.72. The molecule has 7 heavy (non-hydrogen) atoms. The minimum atomic E-state index is -0.220. The molecular weight excluding hydrogens is 94.0 g/mol. The van der Waals surface area contributed by atoms with Crippen LogP contribution in [0.1, 0.15) is 6.92 Å². The van der Waals surface area contributed by atoms with Crippen LogP contribution in [0.15, 0.2) is 0 Å². The number of nitrogens with one attached hydrogen (secondary N) is 1. The number of aliphatic hydroxyl groups is 1. The van der Waals surface area contributed by atoms with E-state index < -0.39 is 0 Å². The monoisotopic (exact) mass is 105 g/mol. The zero-order chi connectivity index (χ0) is 5.70. The lowest BCUT2D eigenvalue weighted by molar-refractivity contribution is -0.0523. The van der Waals surface area contributed by atoms with Crippen molar-refractivity contribution < 1.29 is 9.84 Å². The molecule has 0 aliphatic rings. The second-order valence-electron chi connectivity index (χ2n) is 1.23. The highest BCUT2D eigenvalue weighted by atomic mass is 16.6. The van der Waals surface area contributed by atoms with Crippen LogP contribution < -0.4 is 5.32 Å². The Morgan fingerprint density at radius 1 is 1.86 bits per heavy atom. The molecule has 0 amide bonds. The first-order valence-corrected chi connectivity index (χ1v) is 2.21. The average molecular weight is 105 g/mol. The highest BCUT2D eigenvalue weighted by Gasteiger charge is 1.90. The lowest BCUT2D eigenvalue weighted by Crippen LogP contribution is -2.24. The molecule has 0 aliphatic carbocycles. The number of rotatable bonds is 3. The van der Waals surface area contributed by atoms with Crippen LogP contribution in [0.4, 0.5) is 0 Å². The van der Waals surface area contributed by atoms with Crippen LogP contribution >= 0.6 is 0 Å². The van der Waals surface area contributed by atoms with Gasteiger partial charge in [0.2, 0.25) is 0 Å². The number of hydrogen-bond acceptors (Lipinski definition) is 3. The SMILES string of the molecule is CNC(C)OCO. The summed E-state index contributed by atoms with van der Waals surface area (Å²) >= 11 is 0. The molecule has 0 aromatic carbocycles. The van der Waals surface area contributed by atoms with Gasteiger partial charge in [-0.3, -0.25) is 5.32 Å². The van der Waals surface area contributed by atoms with E-state index in [1.165, 1.54) is 0 Å². The summed E-state index contributed by atoms with van der Waals surface area (Å²) in [4.78, 5) is 0. The smallest absolute Gasteiger partial charge is 0.145 e. The van der Waals surface area contributed by atoms with Crippen molar-refractivity contribution in [2.45, 2.75) is 13.2 Å². The Labute approximate surface area is 43.3 Å². The van der Waals surface area contributed by atoms with Crippen LogP contribution in [0.3, 0.4) is 0 Å². The van der Waals surface area contributed by atoms with Gasteiger partial charge in [-0.25, -0.2) is 0 Å². The van der Waals surface area contributed by atoms with Gasteiger partial charge in [0.25, 0.3) is 0 Å². The van der Waals surface area contributed by atoms with Crippen molar-refractivity contribution in [1.29, 1.82) is 0 Å². The minimum Gasteiger partial charge on any atom is -0.371 e. The molecule has 0 fully saturated rings. The predicted octanol–water partition coefficient (Wildman–Crippen LogP) is -0.482. The average Bonchev–Trinajstić information content (AvgIpc) is 1.68. The van der Waals surface area contributed by atoms with Gasteiger partial charge in [0, 0.05) is 0 Å². The number of aliphatic hydroxyl groups excluding tert-OH is 1. The summed E-state index contributed by atoms with van der Waals surface area (Å²) in [5.74, 6) is 0. The second-order valence-corrected chi connectivity index (χ2v) is 1.23. The molecule has 0 aromatic heterocycles. The van der Waals surface area contributed by atoms with Gasteiger partial charge in [0.1, 0.15) is 13.0 Å². The molecule has 44 valence electrons. The van der Waals surface area contributed by atoms with E-state index >= 15 is 0 Å². The van der Waals surface area contributed by atoms with Crippen molar-refractivity contribution in [2.75, 3.05) is 13.8 Å². The van der Waals surface area contributed by atoms with Crippen molar-refractivity contribution in [3.63, 3.8) is 0 Å². The Morgan fingerprint density at radius 3 is 2.57 bits per heavy atom. The fourth-order valence-electron chi connectivity index (χ4n) is 0.195. The first kappa shape index (κ1) is 6.88. The molecule has 3 heteroatoms. The standard InChI is InChI=1S/C4H11NO2/c1-4(5-2)7-3-6/h4-6H,3H2,1-2H3. The van der Waals surface area contributed by atoms with E-state index in [2.05, 4.69) is 10.1 Å². The van der Waals surface area contributed by atoms with E-state index in [1.807, 2.05) is 6.92 Å². The van der Waals surface area contributed by atoms with Crippen LogP contribution in [0.2, 0.25) is 0 Å². The lowest BCUT2D eigenvalue weighted by atomic mass is 10.7. The lowest BCUT2D eigenvalue weighted by Gasteiger charge is -2.06. The van der Waals surface area contributed by atoms with Crippen LogP contribution in [0.25, 0.3) is 0 Å². The molecule has 1 atom stereocenters. The minimum absolute atomic E-state index is 0.0509. The van der Waals surface area contributed by atoms with Gasteiger partial charge >= 0.3 is 0 Å². The van der Waals surface area contributed by atoms with Crippen LogP contribution in [-0.4, -0.2) is 25.2 Å². The summed E-state index contributed by atoms with van der Waals surface area (Å²) in [6, 6.07) is 0. The molecule has 0 bridgehead atoms. The number of hydrogen-bond donors (Lipinski definition) is 2. The van der Waals surface area contributed by atoms with Crippen LogP contribution in [0, 0.1) is 0 Å². The van der Waals surface area contributed by atoms with E-state index in [9.17, 15) is 0 Å². The van der Waals surface area contributed by atoms with Crippen molar-refractivity contribution in [2.24, 2.45) is 0 Å². The largest absolute Gasteiger partial charge is 0.371 e. The molecule has 3 nitrogen and oxygen atoms in total. The molecule has 0 aromatic rings. The third-order valence-electron chi connectivity index (χ3n) is 0.731. The summed E-state index contributed by atoms with van der Waals surface area (Å²) in [7, 11) is 1.76. The molecule has 0 rings (SSSR count). The quantitative estimate of drug-likeness (QED) is 0.476. The zero-order valence-corrected chi connectivity index (χ0v) is 4.64. The van der Waals surface area contributed by atoms with Gasteiger partial charge in [-0.15, -0.1) is 0 Å². The van der Waals surface area contributed by atoms with Crippen LogP contribution in [-0.2, 0) is 4.74 Å². The van der Waals surface area contributed by atoms with Crippen molar-refractivity contribution in [1.82, 2.24) is 5.32 Å². The summed E-state index contributed by atoms with van der Waals surface area (Å²) in [6.07, 6.45) is -0.0509. The van der Waals surface area contributed by atoms with Crippen molar-refractivity contribution >= 4 is 0 Å². The Morgan fingerprint density at radius 2 is 2.43 bits per heavy atom. The predicted molar refractivity (Wildman–Crippen MR) is 26.7 cm³/mol. The fourth-order valence-corrected chi connectivity index (χ4v) is 0.195. The third-order valence-corrected chi connectivity index (χ3v) is 0.731. The van der Waals surface area contributed by atoms with Gasteiger partial charge in [-0.05, 0) is 14.0 Å². The maximum atomic E-state index is 8.11. The Bertz CT molecular complexity index is 40.7. The summed E-state index contributed by atoms with van der Waals surface area (Å²) in [5.41, 5.74) is 0. The van der Waals surface area contributed by atoms with Crippen molar-refractivity contribution in [3.05, 3.63) is 0 Å². The highest BCUT2D eigenvalue weighted by Crippen LogP contribution is 1.77. The first-order valence-electron chi connectivity index (χ1n) is 2.21. The van der Waals surface area contributed by atoms with Crippen molar-refractivity contribution in [3.8, 4) is 0 Å². The van der Waals surface area contributed by atoms with E-state index in [0.717, 1.165) is 0 Å². The molecular formula is C4H11NO2. The Balaban J connectivity index is 2.83. The summed E-state index contributed by atoms with van der Waals surface area (Å²) in [5, 5.41) is 10.9. The van der Waals surface area contributed by atoms with Gasteiger partial charge < -0.3 is 9.84 Å². The second kappa shape index (κ2) is 4.05. The normalized spacial score (nSPS) is 14.1. The molecule has 0 aliphatic heterocycles. The molecule has 0 heterocycles. The topological polar surface area (TPSA) is 41.5 Å². The highest BCUT2D eigenvalue weighted by molar-refractivity contribution is 4.34. The van der Waals surface area contributed by atoms with Gasteiger partial charge in [0.05, 0.1) is 0 Å². The van der Waals surface area contributed by atoms with E-state index in [0.29, 0.717) is 0 Å². The fraction of sp³-hybridized carbons (Fsp3) is 1.00. The maximum Gasteiger partial charge on any atom is 0.145 e. The van der Waals surface area contributed by atoms with E-state index in [1.54, 1.807) is 7.05 Å².